The molecule has 0 radical (unpaired) electrons. The van der Waals surface area contributed by atoms with E-state index in [2.05, 4.69) is 20.9 Å². The zero-order chi connectivity index (χ0) is 10.7. The molecule has 1 unspecified atom stereocenters. The predicted octanol–water partition coefficient (Wildman–Crippen LogP) is 2.93. The van der Waals surface area contributed by atoms with Gasteiger partial charge in [-0.1, -0.05) is 34.1 Å². The van der Waals surface area contributed by atoms with Crippen LogP contribution in [0.2, 0.25) is 0 Å². The Morgan fingerprint density at radius 2 is 1.80 bits per heavy atom. The molecule has 2 aromatic rings. The van der Waals surface area contributed by atoms with Crippen LogP contribution >= 0.6 is 15.9 Å². The van der Waals surface area contributed by atoms with Gasteiger partial charge in [-0.05, 0) is 23.8 Å². The van der Waals surface area contributed by atoms with Crippen LogP contribution in [0.25, 0.3) is 0 Å². The summed E-state index contributed by atoms with van der Waals surface area (Å²) in [6, 6.07) is 11.3. The third kappa shape index (κ3) is 2.43. The van der Waals surface area contributed by atoms with Gasteiger partial charge >= 0.3 is 0 Å². The van der Waals surface area contributed by atoms with Crippen LogP contribution in [0.3, 0.4) is 0 Å². The van der Waals surface area contributed by atoms with E-state index in [1.165, 1.54) is 0 Å². The van der Waals surface area contributed by atoms with Gasteiger partial charge in [0.1, 0.15) is 6.10 Å². The molecule has 15 heavy (non-hydrogen) atoms. The first kappa shape index (κ1) is 10.3. The predicted molar refractivity (Wildman–Crippen MR) is 62.4 cm³/mol. The lowest BCUT2D eigenvalue weighted by molar-refractivity contribution is 0.220. The Morgan fingerprint density at radius 3 is 2.40 bits per heavy atom. The summed E-state index contributed by atoms with van der Waals surface area (Å²) in [6.45, 7) is 0. The van der Waals surface area contributed by atoms with Crippen LogP contribution in [0, 0.1) is 0 Å². The van der Waals surface area contributed by atoms with Crippen LogP contribution in [0.4, 0.5) is 0 Å². The Kier molecular flexibility index (Phi) is 3.14. The Labute approximate surface area is 96.7 Å². The SMILES string of the molecule is OC(c1ccc(Br)cc1)c1cccnc1. The first-order chi connectivity index (χ1) is 7.27. The molecule has 0 aliphatic carbocycles. The molecule has 2 nitrogen and oxygen atoms in total. The molecule has 1 atom stereocenters. The number of aromatic nitrogens is 1. The van der Waals surface area contributed by atoms with Gasteiger partial charge in [0.15, 0.2) is 0 Å². The standard InChI is InChI=1S/C12H10BrNO/c13-11-5-3-9(4-6-11)12(15)10-2-1-7-14-8-10/h1-8,12,15H. The molecule has 1 aromatic heterocycles. The minimum Gasteiger partial charge on any atom is -0.384 e. The van der Waals surface area contributed by atoms with Crippen molar-refractivity contribution in [2.45, 2.75) is 6.10 Å². The molecule has 1 N–H and O–H groups in total. The van der Waals surface area contributed by atoms with Gasteiger partial charge in [0.2, 0.25) is 0 Å². The van der Waals surface area contributed by atoms with Crippen molar-refractivity contribution in [3.8, 4) is 0 Å². The highest BCUT2D eigenvalue weighted by molar-refractivity contribution is 9.10. The van der Waals surface area contributed by atoms with Crippen LogP contribution in [-0.2, 0) is 0 Å². The molecule has 3 heteroatoms. The highest BCUT2D eigenvalue weighted by atomic mass is 79.9. The molecule has 0 spiro atoms. The van der Waals surface area contributed by atoms with E-state index in [4.69, 9.17) is 0 Å². The average Bonchev–Trinajstić information content (AvgIpc) is 2.30. The Hall–Kier alpha value is -1.19. The summed E-state index contributed by atoms with van der Waals surface area (Å²) in [4.78, 5) is 3.98. The van der Waals surface area contributed by atoms with Gasteiger partial charge in [0, 0.05) is 22.4 Å². The highest BCUT2D eigenvalue weighted by Gasteiger charge is 2.09. The third-order valence-corrected chi connectivity index (χ3v) is 2.71. The minimum atomic E-state index is -0.605. The van der Waals surface area contributed by atoms with E-state index in [-0.39, 0.29) is 0 Å². The summed E-state index contributed by atoms with van der Waals surface area (Å²) >= 11 is 3.36. The maximum absolute atomic E-state index is 10.0. The lowest BCUT2D eigenvalue weighted by Crippen LogP contribution is -1.99. The molecule has 0 fully saturated rings. The van der Waals surface area contributed by atoms with Crippen molar-refractivity contribution in [1.82, 2.24) is 4.98 Å². The Balaban J connectivity index is 2.29. The summed E-state index contributed by atoms with van der Waals surface area (Å²) in [5.74, 6) is 0. The van der Waals surface area contributed by atoms with Gasteiger partial charge in [-0.3, -0.25) is 4.98 Å². The summed E-state index contributed by atoms with van der Waals surface area (Å²) in [5.41, 5.74) is 1.67. The van der Waals surface area contributed by atoms with Crippen molar-refractivity contribution in [2.75, 3.05) is 0 Å². The highest BCUT2D eigenvalue weighted by Crippen LogP contribution is 2.22. The van der Waals surface area contributed by atoms with Crippen LogP contribution in [0.5, 0.6) is 0 Å². The van der Waals surface area contributed by atoms with Gasteiger partial charge in [-0.2, -0.15) is 0 Å². The molecular formula is C12H10BrNO. The number of pyridine rings is 1. The molecule has 0 aliphatic heterocycles. The first-order valence-corrected chi connectivity index (χ1v) is 5.40. The second-order valence-electron chi connectivity index (χ2n) is 3.24. The number of hydrogen-bond donors (Lipinski definition) is 1. The fraction of sp³-hybridized carbons (Fsp3) is 0.0833. The van der Waals surface area contributed by atoms with Crippen LogP contribution in [-0.4, -0.2) is 10.1 Å². The number of aliphatic hydroxyl groups excluding tert-OH is 1. The summed E-state index contributed by atoms with van der Waals surface area (Å²) in [6.07, 6.45) is 2.76. The lowest BCUT2D eigenvalue weighted by atomic mass is 10.0. The number of halogens is 1. The zero-order valence-electron chi connectivity index (χ0n) is 7.97. The van der Waals surface area contributed by atoms with Crippen molar-refractivity contribution in [3.05, 3.63) is 64.4 Å². The van der Waals surface area contributed by atoms with E-state index in [9.17, 15) is 5.11 Å². The van der Waals surface area contributed by atoms with Crippen LogP contribution in [0.15, 0.2) is 53.3 Å². The maximum atomic E-state index is 10.0. The molecule has 2 rings (SSSR count). The van der Waals surface area contributed by atoms with E-state index in [0.717, 1.165) is 15.6 Å². The number of benzene rings is 1. The van der Waals surface area contributed by atoms with Crippen molar-refractivity contribution < 1.29 is 5.11 Å². The molecular weight excluding hydrogens is 254 g/mol. The van der Waals surface area contributed by atoms with E-state index < -0.39 is 6.10 Å². The molecule has 0 bridgehead atoms. The van der Waals surface area contributed by atoms with Gasteiger partial charge < -0.3 is 5.11 Å². The van der Waals surface area contributed by atoms with Crippen molar-refractivity contribution in [2.24, 2.45) is 0 Å². The Morgan fingerprint density at radius 1 is 1.07 bits per heavy atom. The van der Waals surface area contributed by atoms with E-state index in [1.807, 2.05) is 36.4 Å². The molecule has 0 saturated carbocycles. The van der Waals surface area contributed by atoms with Crippen LogP contribution in [0.1, 0.15) is 17.2 Å². The molecule has 0 amide bonds. The number of nitrogens with zero attached hydrogens (tertiary/aromatic N) is 1. The second-order valence-corrected chi connectivity index (χ2v) is 4.16. The number of hydrogen-bond acceptors (Lipinski definition) is 2. The first-order valence-electron chi connectivity index (χ1n) is 4.61. The second kappa shape index (κ2) is 4.55. The quantitative estimate of drug-likeness (QED) is 0.904. The molecule has 76 valence electrons. The minimum absolute atomic E-state index is 0.605. The monoisotopic (exact) mass is 263 g/mol. The van der Waals surface area contributed by atoms with Crippen molar-refractivity contribution >= 4 is 15.9 Å². The molecule has 1 heterocycles. The fourth-order valence-electron chi connectivity index (χ4n) is 1.38. The van der Waals surface area contributed by atoms with Gasteiger partial charge in [-0.15, -0.1) is 0 Å². The Bertz CT molecular complexity index is 427. The molecule has 1 aromatic carbocycles. The summed E-state index contributed by atoms with van der Waals surface area (Å²) in [7, 11) is 0. The maximum Gasteiger partial charge on any atom is 0.106 e. The topological polar surface area (TPSA) is 33.1 Å². The summed E-state index contributed by atoms with van der Waals surface area (Å²) < 4.78 is 1.00. The fourth-order valence-corrected chi connectivity index (χ4v) is 1.64. The van der Waals surface area contributed by atoms with Gasteiger partial charge in [0.05, 0.1) is 0 Å². The number of aliphatic hydroxyl groups is 1. The largest absolute Gasteiger partial charge is 0.384 e. The summed E-state index contributed by atoms with van der Waals surface area (Å²) in [5, 5.41) is 10.0. The van der Waals surface area contributed by atoms with E-state index in [0.29, 0.717) is 0 Å². The molecule has 0 saturated heterocycles. The smallest absolute Gasteiger partial charge is 0.106 e. The zero-order valence-corrected chi connectivity index (χ0v) is 9.55. The van der Waals surface area contributed by atoms with Crippen molar-refractivity contribution in [1.29, 1.82) is 0 Å². The van der Waals surface area contributed by atoms with Gasteiger partial charge in [0.25, 0.3) is 0 Å². The average molecular weight is 264 g/mol. The third-order valence-electron chi connectivity index (χ3n) is 2.19. The van der Waals surface area contributed by atoms with Gasteiger partial charge in [-0.25, -0.2) is 0 Å². The van der Waals surface area contributed by atoms with Crippen molar-refractivity contribution in [3.63, 3.8) is 0 Å². The van der Waals surface area contributed by atoms with E-state index in [1.54, 1.807) is 12.4 Å². The molecule has 0 aliphatic rings. The number of rotatable bonds is 2. The van der Waals surface area contributed by atoms with E-state index >= 15 is 0 Å². The normalized spacial score (nSPS) is 12.4. The lowest BCUT2D eigenvalue weighted by Gasteiger charge is -2.10. The van der Waals surface area contributed by atoms with Crippen LogP contribution < -0.4 is 0 Å².